The number of carbonyl (C=O) groups excluding carboxylic acids is 1. The molecule has 0 saturated carbocycles. The van der Waals surface area contributed by atoms with Gasteiger partial charge in [-0.1, -0.05) is 25.1 Å². The maximum Gasteiger partial charge on any atom is 0.252 e. The van der Waals surface area contributed by atoms with Gasteiger partial charge in [0.1, 0.15) is 0 Å². The number of carbonyl (C=O) groups is 1. The fourth-order valence-corrected chi connectivity index (χ4v) is 3.93. The van der Waals surface area contributed by atoms with Gasteiger partial charge in [0.25, 0.3) is 5.91 Å². The lowest BCUT2D eigenvalue weighted by Gasteiger charge is -2.24. The van der Waals surface area contributed by atoms with Crippen molar-refractivity contribution in [2.24, 2.45) is 0 Å². The van der Waals surface area contributed by atoms with Crippen LogP contribution in [0, 0.1) is 0 Å². The van der Waals surface area contributed by atoms with Gasteiger partial charge in [0.2, 0.25) is 5.75 Å². The molecule has 0 atom stereocenters. The van der Waals surface area contributed by atoms with E-state index in [9.17, 15) is 4.79 Å². The molecule has 176 valence electrons. The molecule has 1 aromatic heterocycles. The van der Waals surface area contributed by atoms with Crippen LogP contribution in [0.3, 0.4) is 0 Å². The van der Waals surface area contributed by atoms with Gasteiger partial charge < -0.3 is 19.5 Å². The summed E-state index contributed by atoms with van der Waals surface area (Å²) in [7, 11) is 4.71. The Bertz CT molecular complexity index is 1090. The maximum atomic E-state index is 13.2. The molecule has 0 bridgehead atoms. The van der Waals surface area contributed by atoms with E-state index in [4.69, 9.17) is 19.2 Å². The van der Waals surface area contributed by atoms with Gasteiger partial charge in [-0.15, -0.1) is 0 Å². The second-order valence-corrected chi connectivity index (χ2v) is 7.96. The lowest BCUT2D eigenvalue weighted by atomic mass is 10.0. The van der Waals surface area contributed by atoms with Crippen LogP contribution in [0.1, 0.15) is 31.1 Å². The quantitative estimate of drug-likeness (QED) is 0.493. The number of rotatable bonds is 10. The third-order valence-corrected chi connectivity index (χ3v) is 5.74. The number of nitrogens with zero attached hydrogens (tertiary/aromatic N) is 2. The minimum atomic E-state index is -0.123. The number of ether oxygens (including phenoxy) is 3. The Morgan fingerprint density at radius 3 is 2.27 bits per heavy atom. The Kier molecular flexibility index (Phi) is 8.11. The zero-order chi connectivity index (χ0) is 24.0. The van der Waals surface area contributed by atoms with E-state index in [1.54, 1.807) is 21.3 Å². The number of fused-ring (bicyclic) bond motifs is 1. The highest BCUT2D eigenvalue weighted by atomic mass is 16.5. The fraction of sp³-hybridized carbons (Fsp3) is 0.385. The van der Waals surface area contributed by atoms with Crippen molar-refractivity contribution in [3.05, 3.63) is 48.0 Å². The Morgan fingerprint density at radius 1 is 1.03 bits per heavy atom. The van der Waals surface area contributed by atoms with E-state index >= 15 is 0 Å². The maximum absolute atomic E-state index is 13.2. The van der Waals surface area contributed by atoms with Crippen molar-refractivity contribution < 1.29 is 19.0 Å². The molecule has 33 heavy (non-hydrogen) atoms. The van der Waals surface area contributed by atoms with E-state index < -0.39 is 0 Å². The lowest BCUT2D eigenvalue weighted by Crippen LogP contribution is -2.38. The van der Waals surface area contributed by atoms with Crippen LogP contribution < -0.4 is 19.5 Å². The van der Waals surface area contributed by atoms with Crippen LogP contribution in [-0.2, 0) is 0 Å². The first-order valence-electron chi connectivity index (χ1n) is 11.2. The smallest absolute Gasteiger partial charge is 0.252 e. The summed E-state index contributed by atoms with van der Waals surface area (Å²) in [6.45, 7) is 8.75. The number of hydrogen-bond acceptors (Lipinski definition) is 6. The highest BCUT2D eigenvalue weighted by Gasteiger charge is 2.18. The minimum absolute atomic E-state index is 0.123. The summed E-state index contributed by atoms with van der Waals surface area (Å²) in [5, 5.41) is 3.88. The second kappa shape index (κ2) is 11.0. The fourth-order valence-electron chi connectivity index (χ4n) is 3.93. The first kappa shape index (κ1) is 24.3. The molecule has 0 aliphatic heterocycles. The molecule has 0 fully saturated rings. The Labute approximate surface area is 195 Å². The minimum Gasteiger partial charge on any atom is -0.493 e. The molecular weight excluding hydrogens is 418 g/mol. The van der Waals surface area contributed by atoms with Crippen LogP contribution in [-0.4, -0.2) is 62.8 Å². The third kappa shape index (κ3) is 5.37. The number of aromatic nitrogens is 1. The van der Waals surface area contributed by atoms with Gasteiger partial charge >= 0.3 is 0 Å². The number of likely N-dealkylation sites (N-methyl/N-ethyl adjacent to an activating group) is 1. The molecule has 0 aliphatic rings. The van der Waals surface area contributed by atoms with Gasteiger partial charge in [0.15, 0.2) is 11.5 Å². The first-order chi connectivity index (χ1) is 15.9. The summed E-state index contributed by atoms with van der Waals surface area (Å²) in [5.41, 5.74) is 2.74. The summed E-state index contributed by atoms with van der Waals surface area (Å²) in [5.74, 6) is 1.44. The third-order valence-electron chi connectivity index (χ3n) is 5.74. The van der Waals surface area contributed by atoms with Crippen molar-refractivity contribution >= 4 is 16.8 Å². The second-order valence-electron chi connectivity index (χ2n) is 7.96. The molecule has 1 heterocycles. The predicted molar refractivity (Wildman–Crippen MR) is 132 cm³/mol. The van der Waals surface area contributed by atoms with E-state index in [0.717, 1.165) is 29.6 Å². The first-order valence-corrected chi connectivity index (χ1v) is 11.2. The average Bonchev–Trinajstić information content (AvgIpc) is 2.84. The highest BCUT2D eigenvalue weighted by molar-refractivity contribution is 6.07. The molecule has 0 aliphatic carbocycles. The van der Waals surface area contributed by atoms with Gasteiger partial charge in [0.05, 0.1) is 38.1 Å². The Morgan fingerprint density at radius 2 is 1.70 bits per heavy atom. The van der Waals surface area contributed by atoms with Crippen LogP contribution in [0.4, 0.5) is 0 Å². The number of benzene rings is 2. The molecule has 0 unspecified atom stereocenters. The van der Waals surface area contributed by atoms with Crippen molar-refractivity contribution in [2.45, 2.75) is 26.8 Å². The normalized spacial score (nSPS) is 11.2. The van der Waals surface area contributed by atoms with E-state index in [-0.39, 0.29) is 5.91 Å². The van der Waals surface area contributed by atoms with Crippen LogP contribution in [0.5, 0.6) is 17.2 Å². The van der Waals surface area contributed by atoms with Gasteiger partial charge in [-0.25, -0.2) is 4.98 Å². The summed E-state index contributed by atoms with van der Waals surface area (Å²) < 4.78 is 16.4. The standard InChI is InChI=1S/C26H33N3O4/c1-7-29(17(2)3)13-12-27-26(30)20-16-22(28-21-11-9-8-10-19(20)21)18-14-23(31-4)25(33-6)24(15-18)32-5/h8-11,14-17H,7,12-13H2,1-6H3,(H,27,30). The van der Waals surface area contributed by atoms with Crippen LogP contribution >= 0.6 is 0 Å². The number of pyridine rings is 1. The monoisotopic (exact) mass is 451 g/mol. The van der Waals surface area contributed by atoms with Crippen molar-refractivity contribution in [1.29, 1.82) is 0 Å². The Balaban J connectivity index is 2.00. The van der Waals surface area contributed by atoms with Crippen LogP contribution in [0.25, 0.3) is 22.2 Å². The highest BCUT2D eigenvalue weighted by Crippen LogP contribution is 2.41. The number of hydrogen-bond donors (Lipinski definition) is 1. The lowest BCUT2D eigenvalue weighted by molar-refractivity contribution is 0.0947. The molecule has 0 saturated heterocycles. The van der Waals surface area contributed by atoms with E-state index in [0.29, 0.717) is 41.1 Å². The van der Waals surface area contributed by atoms with Gasteiger partial charge in [0, 0.05) is 30.1 Å². The predicted octanol–water partition coefficient (Wildman–Crippen LogP) is 4.39. The SMILES string of the molecule is CCN(CCNC(=O)c1cc(-c2cc(OC)c(OC)c(OC)c2)nc2ccccc12)C(C)C. The molecule has 3 aromatic rings. The van der Waals surface area contributed by atoms with Gasteiger partial charge in [-0.2, -0.15) is 0 Å². The molecule has 1 N–H and O–H groups in total. The Hall–Kier alpha value is -3.32. The van der Waals surface area contributed by atoms with Gasteiger partial charge in [-0.05, 0) is 44.7 Å². The molecule has 1 amide bonds. The summed E-state index contributed by atoms with van der Waals surface area (Å²) in [6, 6.07) is 13.6. The summed E-state index contributed by atoms with van der Waals surface area (Å²) in [6.07, 6.45) is 0. The topological polar surface area (TPSA) is 72.9 Å². The molecule has 3 rings (SSSR count). The molecule has 7 nitrogen and oxygen atoms in total. The van der Waals surface area contributed by atoms with Crippen molar-refractivity contribution in [1.82, 2.24) is 15.2 Å². The average molecular weight is 452 g/mol. The van der Waals surface area contributed by atoms with E-state index in [2.05, 4.69) is 31.0 Å². The van der Waals surface area contributed by atoms with Crippen LogP contribution in [0.15, 0.2) is 42.5 Å². The number of methoxy groups -OCH3 is 3. The number of nitrogens with one attached hydrogen (secondary N) is 1. The zero-order valence-electron chi connectivity index (χ0n) is 20.3. The van der Waals surface area contributed by atoms with Gasteiger partial charge in [-0.3, -0.25) is 9.69 Å². The zero-order valence-corrected chi connectivity index (χ0v) is 20.3. The van der Waals surface area contributed by atoms with Crippen molar-refractivity contribution in [3.8, 4) is 28.5 Å². The molecule has 2 aromatic carbocycles. The number of amides is 1. The van der Waals surface area contributed by atoms with Crippen molar-refractivity contribution in [2.75, 3.05) is 41.0 Å². The summed E-state index contributed by atoms with van der Waals surface area (Å²) in [4.78, 5) is 20.3. The molecule has 7 heteroatoms. The molecule has 0 radical (unpaired) electrons. The molecular formula is C26H33N3O4. The van der Waals surface area contributed by atoms with E-state index in [1.165, 1.54) is 0 Å². The summed E-state index contributed by atoms with van der Waals surface area (Å²) >= 11 is 0. The van der Waals surface area contributed by atoms with E-state index in [1.807, 2.05) is 42.5 Å². The van der Waals surface area contributed by atoms with Crippen LogP contribution in [0.2, 0.25) is 0 Å². The number of para-hydroxylation sites is 1. The largest absolute Gasteiger partial charge is 0.493 e. The van der Waals surface area contributed by atoms with Crippen molar-refractivity contribution in [3.63, 3.8) is 0 Å². The molecule has 0 spiro atoms.